The number of alkyl halides is 3. The zero-order valence-electron chi connectivity index (χ0n) is 16.1. The van der Waals surface area contributed by atoms with Gasteiger partial charge in [-0.15, -0.1) is 13.2 Å². The molecule has 0 spiro atoms. The minimum atomic E-state index is -4.79. The Bertz CT molecular complexity index is 964. The van der Waals surface area contributed by atoms with E-state index in [1.807, 2.05) is 0 Å². The number of hydrogen-bond acceptors (Lipinski definition) is 6. The number of hydrogen-bond donors (Lipinski definition) is 3. The van der Waals surface area contributed by atoms with Crippen molar-refractivity contribution in [3.8, 4) is 5.75 Å². The third kappa shape index (κ3) is 5.92. The average Bonchev–Trinajstić information content (AvgIpc) is 2.73. The minimum Gasteiger partial charge on any atom is -0.406 e. The third-order valence-corrected chi connectivity index (χ3v) is 4.55. The topological polar surface area (TPSA) is 94.9 Å². The molecule has 31 heavy (non-hydrogen) atoms. The van der Waals surface area contributed by atoms with Crippen molar-refractivity contribution in [1.29, 1.82) is 0 Å². The molecule has 2 heterocycles. The van der Waals surface area contributed by atoms with E-state index in [4.69, 9.17) is 5.11 Å². The lowest BCUT2D eigenvalue weighted by molar-refractivity contribution is -0.274. The number of aliphatic hydroxyl groups excluding tert-OH is 2. The SMILES string of the molecule is O=C(Nc1ccc(OC(F)(F)F)cc1)C1=CCN(c2ncc([C@H](O)CO)cc2F)CC1. The quantitative estimate of drug-likeness (QED) is 0.597. The average molecular weight is 441 g/mol. The number of benzene rings is 1. The van der Waals surface area contributed by atoms with Crippen molar-refractivity contribution < 1.29 is 37.3 Å². The number of carbonyl (C=O) groups is 1. The number of aromatic nitrogens is 1. The summed E-state index contributed by atoms with van der Waals surface area (Å²) in [4.78, 5) is 18.0. The van der Waals surface area contributed by atoms with Crippen molar-refractivity contribution in [2.45, 2.75) is 18.9 Å². The Kier molecular flexibility index (Phi) is 6.76. The second-order valence-corrected chi connectivity index (χ2v) is 6.72. The zero-order chi connectivity index (χ0) is 22.6. The number of rotatable bonds is 6. The van der Waals surface area contributed by atoms with Gasteiger partial charge in [-0.05, 0) is 36.8 Å². The highest BCUT2D eigenvalue weighted by Gasteiger charge is 2.31. The largest absolute Gasteiger partial charge is 0.573 e. The first kappa shape index (κ1) is 22.5. The number of amides is 1. The van der Waals surface area contributed by atoms with E-state index in [-0.39, 0.29) is 17.9 Å². The highest BCUT2D eigenvalue weighted by Crippen LogP contribution is 2.26. The molecule has 3 rings (SSSR count). The van der Waals surface area contributed by atoms with Crippen LogP contribution in [0.2, 0.25) is 0 Å². The fraction of sp³-hybridized carbons (Fsp3) is 0.300. The lowest BCUT2D eigenvalue weighted by Crippen LogP contribution is -2.32. The summed E-state index contributed by atoms with van der Waals surface area (Å²) in [6.45, 7) is -0.0279. The Labute approximate surface area is 174 Å². The van der Waals surface area contributed by atoms with Gasteiger partial charge in [-0.25, -0.2) is 9.37 Å². The van der Waals surface area contributed by atoms with E-state index in [1.165, 1.54) is 18.3 Å². The lowest BCUT2D eigenvalue weighted by atomic mass is 10.1. The molecule has 11 heteroatoms. The molecule has 166 valence electrons. The van der Waals surface area contributed by atoms with Crippen LogP contribution < -0.4 is 15.0 Å². The third-order valence-electron chi connectivity index (χ3n) is 4.55. The van der Waals surface area contributed by atoms with Gasteiger partial charge in [0.15, 0.2) is 11.6 Å². The van der Waals surface area contributed by atoms with Crippen LogP contribution in [0.15, 0.2) is 48.2 Å². The molecule has 1 aliphatic heterocycles. The van der Waals surface area contributed by atoms with E-state index in [9.17, 15) is 27.5 Å². The molecule has 7 nitrogen and oxygen atoms in total. The summed E-state index contributed by atoms with van der Waals surface area (Å²) >= 11 is 0. The Morgan fingerprint density at radius 1 is 1.29 bits per heavy atom. The molecule has 1 aromatic carbocycles. The van der Waals surface area contributed by atoms with Crippen LogP contribution in [-0.4, -0.2) is 47.2 Å². The highest BCUT2D eigenvalue weighted by atomic mass is 19.4. The molecule has 1 amide bonds. The number of halogens is 4. The maximum atomic E-state index is 14.3. The molecule has 0 bridgehead atoms. The first-order valence-electron chi connectivity index (χ1n) is 9.22. The zero-order valence-corrected chi connectivity index (χ0v) is 16.1. The van der Waals surface area contributed by atoms with Gasteiger partial charge in [-0.1, -0.05) is 6.08 Å². The van der Waals surface area contributed by atoms with Crippen LogP contribution in [0, 0.1) is 5.82 Å². The van der Waals surface area contributed by atoms with Crippen molar-refractivity contribution in [1.82, 2.24) is 4.98 Å². The number of aliphatic hydroxyl groups is 2. The molecule has 0 unspecified atom stereocenters. The molecule has 3 N–H and O–H groups in total. The number of ether oxygens (including phenoxy) is 1. The standard InChI is InChI=1S/C20H19F4N3O4/c21-16-9-13(17(29)11-28)10-25-18(16)27-7-5-12(6-8-27)19(30)26-14-1-3-15(4-2-14)31-20(22,23)24/h1-5,9-10,17,28-29H,6-8,11H2,(H,26,30)/t17-/m1/s1. The lowest BCUT2D eigenvalue weighted by Gasteiger charge is -2.27. The fourth-order valence-electron chi connectivity index (χ4n) is 2.98. The minimum absolute atomic E-state index is 0.0600. The van der Waals surface area contributed by atoms with Crippen LogP contribution in [0.4, 0.5) is 29.1 Å². The Morgan fingerprint density at radius 2 is 2.00 bits per heavy atom. The smallest absolute Gasteiger partial charge is 0.406 e. The van der Waals surface area contributed by atoms with Crippen LogP contribution in [0.3, 0.4) is 0 Å². The van der Waals surface area contributed by atoms with Gasteiger partial charge in [0.05, 0.1) is 6.61 Å². The maximum absolute atomic E-state index is 14.3. The summed E-state index contributed by atoms with van der Waals surface area (Å²) in [5.41, 5.74) is 0.899. The molecule has 1 atom stereocenters. The second-order valence-electron chi connectivity index (χ2n) is 6.72. The van der Waals surface area contributed by atoms with E-state index in [0.29, 0.717) is 24.2 Å². The molecule has 0 saturated carbocycles. The van der Waals surface area contributed by atoms with Gasteiger partial charge in [0.1, 0.15) is 11.9 Å². The molecule has 0 aliphatic carbocycles. The summed E-state index contributed by atoms with van der Waals surface area (Å²) in [7, 11) is 0. The molecular weight excluding hydrogens is 422 g/mol. The van der Waals surface area contributed by atoms with Gasteiger partial charge < -0.3 is 25.2 Å². The first-order chi connectivity index (χ1) is 14.7. The normalized spacial score (nSPS) is 15.3. The second kappa shape index (κ2) is 9.31. The Hall–Kier alpha value is -3.18. The molecule has 0 saturated heterocycles. The van der Waals surface area contributed by atoms with Crippen molar-refractivity contribution in [2.24, 2.45) is 0 Å². The molecule has 2 aromatic rings. The number of carbonyl (C=O) groups excluding carboxylic acids is 1. The van der Waals surface area contributed by atoms with Gasteiger partial charge in [-0.3, -0.25) is 4.79 Å². The van der Waals surface area contributed by atoms with E-state index in [0.717, 1.165) is 18.2 Å². The van der Waals surface area contributed by atoms with Gasteiger partial charge in [0.25, 0.3) is 5.91 Å². The van der Waals surface area contributed by atoms with Gasteiger partial charge in [0, 0.05) is 36.1 Å². The van der Waals surface area contributed by atoms with Crippen LogP contribution in [0.25, 0.3) is 0 Å². The fourth-order valence-corrected chi connectivity index (χ4v) is 2.98. The highest BCUT2D eigenvalue weighted by molar-refractivity contribution is 6.04. The maximum Gasteiger partial charge on any atom is 0.573 e. The van der Waals surface area contributed by atoms with Gasteiger partial charge in [0.2, 0.25) is 0 Å². The first-order valence-corrected chi connectivity index (χ1v) is 9.22. The molecule has 1 aromatic heterocycles. The molecule has 0 fully saturated rings. The number of nitrogens with zero attached hydrogens (tertiary/aromatic N) is 2. The van der Waals surface area contributed by atoms with Crippen molar-refractivity contribution in [2.75, 3.05) is 29.9 Å². The van der Waals surface area contributed by atoms with Crippen LogP contribution >= 0.6 is 0 Å². The van der Waals surface area contributed by atoms with Crippen molar-refractivity contribution >= 4 is 17.4 Å². The summed E-state index contributed by atoms with van der Waals surface area (Å²) in [5.74, 6) is -1.42. The van der Waals surface area contributed by atoms with E-state index >= 15 is 0 Å². The van der Waals surface area contributed by atoms with Crippen LogP contribution in [0.5, 0.6) is 5.75 Å². The van der Waals surface area contributed by atoms with E-state index < -0.39 is 36.5 Å². The predicted octanol–water partition coefficient (Wildman–Crippen LogP) is 2.92. The predicted molar refractivity (Wildman–Crippen MR) is 103 cm³/mol. The van der Waals surface area contributed by atoms with Crippen LogP contribution in [0.1, 0.15) is 18.1 Å². The van der Waals surface area contributed by atoms with Gasteiger partial charge >= 0.3 is 6.36 Å². The summed E-state index contributed by atoms with van der Waals surface area (Å²) in [6.07, 6.45) is -2.84. The number of pyridine rings is 1. The summed E-state index contributed by atoms with van der Waals surface area (Å²) in [5, 5.41) is 21.1. The molecule has 1 aliphatic rings. The Morgan fingerprint density at radius 3 is 2.55 bits per heavy atom. The summed E-state index contributed by atoms with van der Waals surface area (Å²) < 4.78 is 54.7. The van der Waals surface area contributed by atoms with Gasteiger partial charge in [-0.2, -0.15) is 0 Å². The monoisotopic (exact) mass is 441 g/mol. The molecule has 0 radical (unpaired) electrons. The Balaban J connectivity index is 1.60. The van der Waals surface area contributed by atoms with Crippen molar-refractivity contribution in [3.63, 3.8) is 0 Å². The van der Waals surface area contributed by atoms with E-state index in [2.05, 4.69) is 15.0 Å². The molecular formula is C20H19F4N3O4. The van der Waals surface area contributed by atoms with Crippen LogP contribution in [-0.2, 0) is 4.79 Å². The number of nitrogens with one attached hydrogen (secondary N) is 1. The van der Waals surface area contributed by atoms with E-state index in [1.54, 1.807) is 11.0 Å². The van der Waals surface area contributed by atoms with Crippen molar-refractivity contribution in [3.05, 3.63) is 59.6 Å². The summed E-state index contributed by atoms with van der Waals surface area (Å²) in [6, 6.07) is 5.85. The number of anilines is 2.